The van der Waals surface area contributed by atoms with E-state index in [4.69, 9.17) is 14.2 Å². The second kappa shape index (κ2) is 2.83. The van der Waals surface area contributed by atoms with E-state index >= 15 is 0 Å². The third kappa shape index (κ3) is 1.94. The number of rotatable bonds is 4. The Balaban J connectivity index is 1.50. The first-order chi connectivity index (χ1) is 5.34. The van der Waals surface area contributed by atoms with Gasteiger partial charge in [-0.1, -0.05) is 6.58 Å². The predicted molar refractivity (Wildman–Crippen MR) is 39.2 cm³/mol. The van der Waals surface area contributed by atoms with Crippen molar-refractivity contribution in [3.05, 3.63) is 12.3 Å². The van der Waals surface area contributed by atoms with E-state index in [2.05, 4.69) is 6.58 Å². The molecule has 2 atom stereocenters. The first-order valence-electron chi connectivity index (χ1n) is 3.88. The summed E-state index contributed by atoms with van der Waals surface area (Å²) < 4.78 is 15.5. The van der Waals surface area contributed by atoms with Gasteiger partial charge in [0.25, 0.3) is 0 Å². The van der Waals surface area contributed by atoms with E-state index in [9.17, 15) is 0 Å². The van der Waals surface area contributed by atoms with Gasteiger partial charge < -0.3 is 14.2 Å². The van der Waals surface area contributed by atoms with E-state index in [1.807, 2.05) is 0 Å². The highest BCUT2D eigenvalue weighted by Gasteiger charge is 2.26. The molecule has 2 heterocycles. The Hall–Kier alpha value is -0.540. The zero-order valence-electron chi connectivity index (χ0n) is 6.41. The molecule has 0 radical (unpaired) electrons. The molecule has 3 nitrogen and oxygen atoms in total. The number of hydrogen-bond acceptors (Lipinski definition) is 3. The van der Waals surface area contributed by atoms with E-state index in [1.54, 1.807) is 0 Å². The smallest absolute Gasteiger partial charge is 0.128 e. The van der Waals surface area contributed by atoms with Gasteiger partial charge in [-0.15, -0.1) is 0 Å². The van der Waals surface area contributed by atoms with Gasteiger partial charge in [0, 0.05) is 6.42 Å². The van der Waals surface area contributed by atoms with Gasteiger partial charge in [0.1, 0.15) is 12.2 Å². The van der Waals surface area contributed by atoms with E-state index in [0.29, 0.717) is 19.3 Å². The maximum Gasteiger partial charge on any atom is 0.128 e. The fourth-order valence-electron chi connectivity index (χ4n) is 1.07. The van der Waals surface area contributed by atoms with Crippen LogP contribution in [0.5, 0.6) is 0 Å². The summed E-state index contributed by atoms with van der Waals surface area (Å²) in [6.45, 7) is 5.92. The number of hydrogen-bond donors (Lipinski definition) is 0. The minimum Gasteiger partial charge on any atom is -0.492 e. The first kappa shape index (κ1) is 7.13. The van der Waals surface area contributed by atoms with Gasteiger partial charge in [-0.25, -0.2) is 0 Å². The molecule has 0 N–H and O–H groups in total. The quantitative estimate of drug-likeness (QED) is 0.561. The Morgan fingerprint density at radius 2 is 2.09 bits per heavy atom. The van der Waals surface area contributed by atoms with Gasteiger partial charge in [-0.2, -0.15) is 0 Å². The van der Waals surface area contributed by atoms with Crippen molar-refractivity contribution in [3.8, 4) is 0 Å². The molecule has 3 heteroatoms. The average molecular weight is 156 g/mol. The lowest BCUT2D eigenvalue weighted by molar-refractivity contribution is -0.0451. The molecule has 0 saturated carbocycles. The maximum atomic E-state index is 5.32. The van der Waals surface area contributed by atoms with Crippen LogP contribution in [0.3, 0.4) is 0 Å². The van der Waals surface area contributed by atoms with Crippen LogP contribution >= 0.6 is 0 Å². The third-order valence-electron chi connectivity index (χ3n) is 1.80. The Morgan fingerprint density at radius 1 is 1.45 bits per heavy atom. The molecule has 2 unspecified atom stereocenters. The molecule has 11 heavy (non-hydrogen) atoms. The fraction of sp³-hybridized carbons (Fsp3) is 0.750. The van der Waals surface area contributed by atoms with Crippen molar-refractivity contribution in [2.24, 2.45) is 0 Å². The zero-order chi connectivity index (χ0) is 7.68. The highest BCUT2D eigenvalue weighted by Crippen LogP contribution is 2.22. The summed E-state index contributed by atoms with van der Waals surface area (Å²) in [7, 11) is 0. The maximum absolute atomic E-state index is 5.32. The monoisotopic (exact) mass is 156 g/mol. The molecule has 62 valence electrons. The molecule has 0 amide bonds. The molecule has 0 aliphatic carbocycles. The lowest BCUT2D eigenvalue weighted by atomic mass is 10.1. The molecular weight excluding hydrogens is 144 g/mol. The van der Waals surface area contributed by atoms with Crippen molar-refractivity contribution in [2.75, 3.05) is 19.8 Å². The van der Waals surface area contributed by atoms with Crippen LogP contribution in [0.15, 0.2) is 12.3 Å². The number of epoxide rings is 1. The Bertz CT molecular complexity index is 155. The van der Waals surface area contributed by atoms with Crippen LogP contribution in [0.2, 0.25) is 0 Å². The lowest BCUT2D eigenvalue weighted by Gasteiger charge is -2.29. The molecule has 2 saturated heterocycles. The molecule has 0 aromatic rings. The van der Waals surface area contributed by atoms with Crippen molar-refractivity contribution in [1.82, 2.24) is 0 Å². The summed E-state index contributed by atoms with van der Waals surface area (Å²) in [5.74, 6) is 0.876. The van der Waals surface area contributed by atoms with Crippen LogP contribution in [0.1, 0.15) is 6.42 Å². The summed E-state index contributed by atoms with van der Waals surface area (Å²) in [6.07, 6.45) is 1.56. The van der Waals surface area contributed by atoms with Gasteiger partial charge in [-0.3, -0.25) is 0 Å². The Morgan fingerprint density at radius 3 is 2.64 bits per heavy atom. The SMILES string of the molecule is C=C1CC(COCC2CO2)O1. The van der Waals surface area contributed by atoms with Crippen molar-refractivity contribution >= 4 is 0 Å². The minimum absolute atomic E-state index is 0.251. The van der Waals surface area contributed by atoms with E-state index in [1.165, 1.54) is 0 Å². The van der Waals surface area contributed by atoms with Crippen molar-refractivity contribution in [3.63, 3.8) is 0 Å². The summed E-state index contributed by atoms with van der Waals surface area (Å²) in [5.41, 5.74) is 0. The second-order valence-corrected chi connectivity index (χ2v) is 2.98. The predicted octanol–water partition coefficient (Wildman–Crippen LogP) is 0.704. The largest absolute Gasteiger partial charge is 0.492 e. The molecule has 2 fully saturated rings. The third-order valence-corrected chi connectivity index (χ3v) is 1.80. The van der Waals surface area contributed by atoms with Gasteiger partial charge in [0.05, 0.1) is 25.6 Å². The summed E-state index contributed by atoms with van der Waals surface area (Å²) in [4.78, 5) is 0. The first-order valence-corrected chi connectivity index (χ1v) is 3.88. The molecule has 2 rings (SSSR count). The summed E-state index contributed by atoms with van der Waals surface area (Å²) in [6, 6.07) is 0. The topological polar surface area (TPSA) is 31.0 Å². The van der Waals surface area contributed by atoms with Crippen molar-refractivity contribution < 1.29 is 14.2 Å². The highest BCUT2D eigenvalue weighted by atomic mass is 16.6. The van der Waals surface area contributed by atoms with Crippen LogP contribution < -0.4 is 0 Å². The van der Waals surface area contributed by atoms with E-state index in [0.717, 1.165) is 18.8 Å². The highest BCUT2D eigenvalue weighted by molar-refractivity contribution is 4.96. The van der Waals surface area contributed by atoms with Crippen LogP contribution in [-0.2, 0) is 14.2 Å². The van der Waals surface area contributed by atoms with Crippen LogP contribution in [0, 0.1) is 0 Å². The van der Waals surface area contributed by atoms with E-state index in [-0.39, 0.29) is 6.10 Å². The van der Waals surface area contributed by atoms with E-state index < -0.39 is 0 Å². The van der Waals surface area contributed by atoms with Crippen LogP contribution in [-0.4, -0.2) is 32.0 Å². The molecule has 0 aromatic heterocycles. The fourth-order valence-corrected chi connectivity index (χ4v) is 1.07. The molecular formula is C8H12O3. The van der Waals surface area contributed by atoms with Gasteiger partial charge in [-0.05, 0) is 0 Å². The van der Waals surface area contributed by atoms with Crippen molar-refractivity contribution in [1.29, 1.82) is 0 Å². The number of ether oxygens (including phenoxy) is 3. The van der Waals surface area contributed by atoms with Gasteiger partial charge >= 0.3 is 0 Å². The van der Waals surface area contributed by atoms with Gasteiger partial charge in [0.15, 0.2) is 0 Å². The molecule has 2 aliphatic rings. The standard InChI is InChI=1S/C8H12O3/c1-6-2-7(11-6)3-9-4-8-5-10-8/h7-8H,1-5H2. The van der Waals surface area contributed by atoms with Crippen LogP contribution in [0.25, 0.3) is 0 Å². The zero-order valence-corrected chi connectivity index (χ0v) is 6.41. The summed E-state index contributed by atoms with van der Waals surface area (Å²) >= 11 is 0. The Labute approximate surface area is 65.9 Å². The summed E-state index contributed by atoms with van der Waals surface area (Å²) in [5, 5.41) is 0. The molecule has 0 bridgehead atoms. The van der Waals surface area contributed by atoms with Crippen LogP contribution in [0.4, 0.5) is 0 Å². The lowest BCUT2D eigenvalue weighted by Crippen LogP contribution is -2.29. The normalized spacial score (nSPS) is 34.4. The minimum atomic E-state index is 0.251. The van der Waals surface area contributed by atoms with Gasteiger partial charge in [0.2, 0.25) is 0 Å². The molecule has 0 spiro atoms. The average Bonchev–Trinajstić information content (AvgIpc) is 2.67. The Kier molecular flexibility index (Phi) is 1.84. The molecule has 0 aromatic carbocycles. The molecule has 2 aliphatic heterocycles. The van der Waals surface area contributed by atoms with Crippen molar-refractivity contribution in [2.45, 2.75) is 18.6 Å². The second-order valence-electron chi connectivity index (χ2n) is 2.98.